The van der Waals surface area contributed by atoms with Crippen molar-refractivity contribution < 1.29 is 0 Å². The van der Waals surface area contributed by atoms with Gasteiger partial charge in [-0.05, 0) is 49.9 Å². The molecule has 0 atom stereocenters. The van der Waals surface area contributed by atoms with Gasteiger partial charge in [-0.15, -0.1) is 0 Å². The molecule has 0 fully saturated rings. The molecule has 0 N–H and O–H groups in total. The van der Waals surface area contributed by atoms with Crippen LogP contribution in [0.2, 0.25) is 0 Å². The number of allylic oxidation sites excluding steroid dienone is 2. The monoisotopic (exact) mass is 186 g/mol. The predicted octanol–water partition coefficient (Wildman–Crippen LogP) is 4.20. The van der Waals surface area contributed by atoms with Gasteiger partial charge in [0.25, 0.3) is 0 Å². The largest absolute Gasteiger partial charge is 0.0988 e. The summed E-state index contributed by atoms with van der Waals surface area (Å²) >= 11 is 0. The maximum atomic E-state index is 3.77. The fourth-order valence-electron chi connectivity index (χ4n) is 1.48. The summed E-state index contributed by atoms with van der Waals surface area (Å²) in [6.45, 7) is 12.3. The molecule has 0 bridgehead atoms. The van der Waals surface area contributed by atoms with E-state index in [1.165, 1.54) is 27.8 Å². The van der Waals surface area contributed by atoms with Crippen LogP contribution in [-0.4, -0.2) is 0 Å². The van der Waals surface area contributed by atoms with Crippen LogP contribution in [0.3, 0.4) is 0 Å². The third-order valence-corrected chi connectivity index (χ3v) is 2.70. The standard InChI is InChI=1S/C14H18/c1-6-10(2)9-14-12(4)8-7-11(3)13(14)5/h6-9H,1H2,2-5H3/b10-9+. The minimum Gasteiger partial charge on any atom is -0.0988 e. The van der Waals surface area contributed by atoms with Crippen LogP contribution >= 0.6 is 0 Å². The zero-order valence-electron chi connectivity index (χ0n) is 9.52. The highest BCUT2D eigenvalue weighted by Gasteiger charge is 2.01. The van der Waals surface area contributed by atoms with E-state index in [2.05, 4.69) is 52.5 Å². The van der Waals surface area contributed by atoms with Gasteiger partial charge >= 0.3 is 0 Å². The molecule has 0 saturated heterocycles. The summed E-state index contributed by atoms with van der Waals surface area (Å²) in [5.74, 6) is 0. The van der Waals surface area contributed by atoms with E-state index in [4.69, 9.17) is 0 Å². The first-order valence-corrected chi connectivity index (χ1v) is 4.93. The van der Waals surface area contributed by atoms with E-state index in [1.54, 1.807) is 0 Å². The van der Waals surface area contributed by atoms with E-state index in [0.29, 0.717) is 0 Å². The summed E-state index contributed by atoms with van der Waals surface area (Å²) in [5, 5.41) is 0. The molecule has 1 rings (SSSR count). The van der Waals surface area contributed by atoms with Crippen molar-refractivity contribution in [2.75, 3.05) is 0 Å². The van der Waals surface area contributed by atoms with Gasteiger partial charge in [-0.2, -0.15) is 0 Å². The molecule has 0 aliphatic carbocycles. The number of benzene rings is 1. The van der Waals surface area contributed by atoms with Gasteiger partial charge in [0.2, 0.25) is 0 Å². The lowest BCUT2D eigenvalue weighted by molar-refractivity contribution is 1.28. The normalized spacial score (nSPS) is 11.6. The molecule has 74 valence electrons. The molecule has 0 radical (unpaired) electrons. The van der Waals surface area contributed by atoms with Gasteiger partial charge < -0.3 is 0 Å². The maximum Gasteiger partial charge on any atom is -0.0193 e. The summed E-state index contributed by atoms with van der Waals surface area (Å²) < 4.78 is 0. The highest BCUT2D eigenvalue weighted by molar-refractivity contribution is 5.62. The summed E-state index contributed by atoms with van der Waals surface area (Å²) in [5.41, 5.74) is 6.59. The summed E-state index contributed by atoms with van der Waals surface area (Å²) in [6, 6.07) is 4.34. The lowest BCUT2D eigenvalue weighted by Crippen LogP contribution is -1.90. The first-order chi connectivity index (χ1) is 6.56. The Labute approximate surface area is 87.0 Å². The molecule has 0 aromatic heterocycles. The molecule has 0 amide bonds. The molecule has 0 spiro atoms. The SMILES string of the molecule is C=C/C(C)=C/c1c(C)ccc(C)c1C. The average molecular weight is 186 g/mol. The van der Waals surface area contributed by atoms with E-state index >= 15 is 0 Å². The Kier molecular flexibility index (Phi) is 3.29. The zero-order chi connectivity index (χ0) is 10.7. The molecule has 1 aromatic carbocycles. The minimum absolute atomic E-state index is 1.21. The van der Waals surface area contributed by atoms with Gasteiger partial charge in [-0.1, -0.05) is 36.4 Å². The zero-order valence-corrected chi connectivity index (χ0v) is 9.52. The second-order valence-electron chi connectivity index (χ2n) is 3.83. The molecule has 0 unspecified atom stereocenters. The van der Waals surface area contributed by atoms with Crippen molar-refractivity contribution >= 4 is 6.08 Å². The Bertz CT molecular complexity index is 381. The fourth-order valence-corrected chi connectivity index (χ4v) is 1.48. The summed E-state index contributed by atoms with van der Waals surface area (Å²) in [7, 11) is 0. The summed E-state index contributed by atoms with van der Waals surface area (Å²) in [6.07, 6.45) is 4.09. The molecule has 14 heavy (non-hydrogen) atoms. The number of rotatable bonds is 2. The maximum absolute atomic E-state index is 3.77. The van der Waals surface area contributed by atoms with Gasteiger partial charge in [0.05, 0.1) is 0 Å². The van der Waals surface area contributed by atoms with Crippen molar-refractivity contribution in [3.05, 3.63) is 52.6 Å². The van der Waals surface area contributed by atoms with Crippen LogP contribution in [0.1, 0.15) is 29.2 Å². The molecule has 1 aromatic rings. The quantitative estimate of drug-likeness (QED) is 0.607. The van der Waals surface area contributed by atoms with Crippen LogP contribution in [0.25, 0.3) is 6.08 Å². The Morgan fingerprint density at radius 2 is 1.71 bits per heavy atom. The Balaban J connectivity index is 3.33. The van der Waals surface area contributed by atoms with Gasteiger partial charge in [-0.3, -0.25) is 0 Å². The smallest absolute Gasteiger partial charge is 0.0193 e. The molecule has 0 heteroatoms. The van der Waals surface area contributed by atoms with Gasteiger partial charge in [0.15, 0.2) is 0 Å². The highest BCUT2D eigenvalue weighted by atomic mass is 14.1. The Hall–Kier alpha value is -1.30. The molecular formula is C14H18. The fraction of sp³-hybridized carbons (Fsp3) is 0.286. The van der Waals surface area contributed by atoms with Crippen molar-refractivity contribution in [3.8, 4) is 0 Å². The van der Waals surface area contributed by atoms with E-state index in [9.17, 15) is 0 Å². The molecule has 0 heterocycles. The lowest BCUT2D eigenvalue weighted by atomic mass is 9.97. The first kappa shape index (κ1) is 10.8. The third kappa shape index (κ3) is 2.14. The predicted molar refractivity (Wildman–Crippen MR) is 64.5 cm³/mol. The average Bonchev–Trinajstić information content (AvgIpc) is 2.18. The molecule has 0 aliphatic heterocycles. The highest BCUT2D eigenvalue weighted by Crippen LogP contribution is 2.20. The van der Waals surface area contributed by atoms with Crippen molar-refractivity contribution in [3.63, 3.8) is 0 Å². The molecule has 0 saturated carbocycles. The van der Waals surface area contributed by atoms with Crippen LogP contribution in [-0.2, 0) is 0 Å². The lowest BCUT2D eigenvalue weighted by Gasteiger charge is -2.09. The molecular weight excluding hydrogens is 168 g/mol. The van der Waals surface area contributed by atoms with Gasteiger partial charge in [0, 0.05) is 0 Å². The van der Waals surface area contributed by atoms with Crippen molar-refractivity contribution in [2.24, 2.45) is 0 Å². The number of aryl methyl sites for hydroxylation is 2. The first-order valence-electron chi connectivity index (χ1n) is 4.93. The molecule has 0 nitrogen and oxygen atoms in total. The van der Waals surface area contributed by atoms with Crippen LogP contribution in [0.15, 0.2) is 30.4 Å². The van der Waals surface area contributed by atoms with Crippen LogP contribution in [0.5, 0.6) is 0 Å². The third-order valence-electron chi connectivity index (χ3n) is 2.70. The topological polar surface area (TPSA) is 0 Å². The number of hydrogen-bond donors (Lipinski definition) is 0. The van der Waals surface area contributed by atoms with Crippen LogP contribution < -0.4 is 0 Å². The Morgan fingerprint density at radius 3 is 2.29 bits per heavy atom. The van der Waals surface area contributed by atoms with Crippen molar-refractivity contribution in [1.82, 2.24) is 0 Å². The minimum atomic E-state index is 1.21. The van der Waals surface area contributed by atoms with E-state index in [1.807, 2.05) is 6.08 Å². The second-order valence-corrected chi connectivity index (χ2v) is 3.83. The molecule has 0 aliphatic rings. The van der Waals surface area contributed by atoms with Crippen molar-refractivity contribution in [2.45, 2.75) is 27.7 Å². The van der Waals surface area contributed by atoms with Crippen molar-refractivity contribution in [1.29, 1.82) is 0 Å². The van der Waals surface area contributed by atoms with E-state index in [-0.39, 0.29) is 0 Å². The number of hydrogen-bond acceptors (Lipinski definition) is 0. The van der Waals surface area contributed by atoms with E-state index < -0.39 is 0 Å². The van der Waals surface area contributed by atoms with Gasteiger partial charge in [0.1, 0.15) is 0 Å². The Morgan fingerprint density at radius 1 is 1.14 bits per heavy atom. The van der Waals surface area contributed by atoms with Crippen LogP contribution in [0.4, 0.5) is 0 Å². The second kappa shape index (κ2) is 4.28. The summed E-state index contributed by atoms with van der Waals surface area (Å²) in [4.78, 5) is 0. The van der Waals surface area contributed by atoms with Crippen LogP contribution in [0, 0.1) is 20.8 Å². The van der Waals surface area contributed by atoms with E-state index in [0.717, 1.165) is 0 Å². The van der Waals surface area contributed by atoms with Gasteiger partial charge in [-0.25, -0.2) is 0 Å².